The van der Waals surface area contributed by atoms with Gasteiger partial charge in [0.2, 0.25) is 10.0 Å². The minimum atomic E-state index is -3.91. The zero-order chi connectivity index (χ0) is 23.3. The van der Waals surface area contributed by atoms with Gasteiger partial charge in [-0.05, 0) is 42.3 Å². The lowest BCUT2D eigenvalue weighted by molar-refractivity contribution is 0.102. The summed E-state index contributed by atoms with van der Waals surface area (Å²) in [6.07, 6.45) is 0.534. The quantitative estimate of drug-likeness (QED) is 0.526. The number of hydrogen-bond donors (Lipinski definition) is 2. The number of fused-ring (bicyclic) bond motifs is 1. The number of hydrogen-bond acceptors (Lipinski definition) is 6. The summed E-state index contributed by atoms with van der Waals surface area (Å²) >= 11 is 0. The van der Waals surface area contributed by atoms with E-state index in [1.54, 1.807) is 18.2 Å². The summed E-state index contributed by atoms with van der Waals surface area (Å²) in [5.41, 5.74) is 1.69. The molecule has 0 unspecified atom stereocenters. The minimum absolute atomic E-state index is 0.104. The molecule has 9 heteroatoms. The van der Waals surface area contributed by atoms with E-state index in [2.05, 4.69) is 10.0 Å². The highest BCUT2D eigenvalue weighted by Gasteiger charge is 2.22. The molecule has 0 aliphatic carbocycles. The smallest absolute Gasteiger partial charge is 0.255 e. The number of methoxy groups -OCH3 is 1. The van der Waals surface area contributed by atoms with Crippen molar-refractivity contribution in [3.8, 4) is 17.2 Å². The van der Waals surface area contributed by atoms with Gasteiger partial charge in [0.1, 0.15) is 23.9 Å². The Kier molecular flexibility index (Phi) is 6.81. The Hall–Kier alpha value is -3.56. The van der Waals surface area contributed by atoms with Crippen molar-refractivity contribution in [3.63, 3.8) is 0 Å². The van der Waals surface area contributed by atoms with E-state index >= 15 is 0 Å². The lowest BCUT2D eigenvalue weighted by Gasteiger charge is -2.19. The van der Waals surface area contributed by atoms with Crippen LogP contribution in [0, 0.1) is 0 Å². The molecule has 0 aromatic heterocycles. The van der Waals surface area contributed by atoms with Crippen molar-refractivity contribution in [1.82, 2.24) is 4.72 Å². The zero-order valence-electron chi connectivity index (χ0n) is 18.0. The fourth-order valence-corrected chi connectivity index (χ4v) is 4.63. The summed E-state index contributed by atoms with van der Waals surface area (Å²) in [4.78, 5) is 12.7. The molecular formula is C24H24N2O6S. The van der Waals surface area contributed by atoms with Crippen LogP contribution < -0.4 is 24.2 Å². The second-order valence-electron chi connectivity index (χ2n) is 7.31. The molecule has 8 nitrogen and oxygen atoms in total. The summed E-state index contributed by atoms with van der Waals surface area (Å²) in [6, 6.07) is 18.9. The van der Waals surface area contributed by atoms with Crippen molar-refractivity contribution in [3.05, 3.63) is 77.9 Å². The fourth-order valence-electron chi connectivity index (χ4n) is 3.40. The van der Waals surface area contributed by atoms with Gasteiger partial charge in [-0.1, -0.05) is 30.3 Å². The lowest BCUT2D eigenvalue weighted by Crippen LogP contribution is -2.27. The van der Waals surface area contributed by atoms with Crippen molar-refractivity contribution in [1.29, 1.82) is 0 Å². The Bertz CT molecular complexity index is 1250. The average Bonchev–Trinajstić information content (AvgIpc) is 2.84. The van der Waals surface area contributed by atoms with Crippen LogP contribution in [0.4, 0.5) is 5.69 Å². The highest BCUT2D eigenvalue weighted by molar-refractivity contribution is 7.89. The summed E-state index contributed by atoms with van der Waals surface area (Å²) in [5.74, 6) is 0.839. The summed E-state index contributed by atoms with van der Waals surface area (Å²) in [7, 11) is -2.52. The highest BCUT2D eigenvalue weighted by atomic mass is 32.2. The number of benzene rings is 3. The number of carbonyl (C=O) groups is 1. The Morgan fingerprint density at radius 3 is 2.48 bits per heavy atom. The predicted octanol–water partition coefficient (Wildman–Crippen LogP) is 3.24. The monoisotopic (exact) mass is 468 g/mol. The number of ether oxygens (including phenoxy) is 3. The normalized spacial score (nSPS) is 12.8. The third-order valence-corrected chi connectivity index (χ3v) is 6.55. The Morgan fingerprint density at radius 1 is 0.970 bits per heavy atom. The third kappa shape index (κ3) is 5.44. The standard InChI is InChI=1S/C24H24N2O6S/c1-30-21-9-7-18(24(27)26-19-8-10-20-22(16-19)32-14-13-31-20)15-23(21)33(28,29)25-12-11-17-5-3-2-4-6-17/h2-10,15-16,25H,11-14H2,1H3,(H,26,27). The van der Waals surface area contributed by atoms with Gasteiger partial charge in [0, 0.05) is 23.9 Å². The predicted molar refractivity (Wildman–Crippen MR) is 124 cm³/mol. The molecule has 1 aliphatic rings. The third-order valence-electron chi connectivity index (χ3n) is 5.06. The van der Waals surface area contributed by atoms with Crippen LogP contribution in [0.2, 0.25) is 0 Å². The van der Waals surface area contributed by atoms with Crippen LogP contribution in [0.25, 0.3) is 0 Å². The molecule has 2 N–H and O–H groups in total. The maximum Gasteiger partial charge on any atom is 0.255 e. The molecule has 0 radical (unpaired) electrons. The SMILES string of the molecule is COc1ccc(C(=O)Nc2ccc3c(c2)OCCO3)cc1S(=O)(=O)NCCc1ccccc1. The number of nitrogens with one attached hydrogen (secondary N) is 2. The van der Waals surface area contributed by atoms with Crippen LogP contribution in [-0.4, -0.2) is 41.2 Å². The largest absolute Gasteiger partial charge is 0.495 e. The molecule has 0 fully saturated rings. The summed E-state index contributed by atoms with van der Waals surface area (Å²) < 4.78 is 44.7. The Labute approximate surface area is 192 Å². The number of sulfonamides is 1. The first-order valence-electron chi connectivity index (χ1n) is 10.4. The van der Waals surface area contributed by atoms with Crippen LogP contribution >= 0.6 is 0 Å². The fraction of sp³-hybridized carbons (Fsp3) is 0.208. The number of amides is 1. The van der Waals surface area contributed by atoms with Crippen molar-refractivity contribution < 1.29 is 27.4 Å². The molecular weight excluding hydrogens is 444 g/mol. The van der Waals surface area contributed by atoms with Crippen LogP contribution in [0.3, 0.4) is 0 Å². The number of rotatable bonds is 8. The van der Waals surface area contributed by atoms with E-state index in [0.29, 0.717) is 36.8 Å². The maximum absolute atomic E-state index is 12.9. The maximum atomic E-state index is 12.9. The van der Waals surface area contributed by atoms with E-state index < -0.39 is 15.9 Å². The van der Waals surface area contributed by atoms with Gasteiger partial charge in [-0.2, -0.15) is 0 Å². The van der Waals surface area contributed by atoms with Crippen LogP contribution in [0.15, 0.2) is 71.6 Å². The molecule has 172 valence electrons. The molecule has 1 amide bonds. The van der Waals surface area contributed by atoms with E-state index in [1.807, 2.05) is 30.3 Å². The molecule has 0 saturated heterocycles. The van der Waals surface area contributed by atoms with Crippen LogP contribution in [0.5, 0.6) is 17.2 Å². The molecule has 3 aromatic carbocycles. The topological polar surface area (TPSA) is 103 Å². The molecule has 0 bridgehead atoms. The molecule has 4 rings (SSSR count). The minimum Gasteiger partial charge on any atom is -0.495 e. The van der Waals surface area contributed by atoms with Gasteiger partial charge in [-0.25, -0.2) is 13.1 Å². The molecule has 0 saturated carbocycles. The van der Waals surface area contributed by atoms with Gasteiger partial charge >= 0.3 is 0 Å². The second-order valence-corrected chi connectivity index (χ2v) is 9.05. The Balaban J connectivity index is 1.50. The van der Waals surface area contributed by atoms with Crippen LogP contribution in [-0.2, 0) is 16.4 Å². The van der Waals surface area contributed by atoms with Gasteiger partial charge in [0.15, 0.2) is 11.5 Å². The van der Waals surface area contributed by atoms with E-state index in [0.717, 1.165) is 5.56 Å². The zero-order valence-corrected chi connectivity index (χ0v) is 18.9. The molecule has 0 atom stereocenters. The van der Waals surface area contributed by atoms with Crippen molar-refractivity contribution >= 4 is 21.6 Å². The highest BCUT2D eigenvalue weighted by Crippen LogP contribution is 2.33. The first-order chi connectivity index (χ1) is 16.0. The van der Waals surface area contributed by atoms with Gasteiger partial charge in [0.25, 0.3) is 5.91 Å². The van der Waals surface area contributed by atoms with Crippen LogP contribution in [0.1, 0.15) is 15.9 Å². The summed E-state index contributed by atoms with van der Waals surface area (Å²) in [5, 5.41) is 2.76. The van der Waals surface area contributed by atoms with E-state index in [1.165, 1.54) is 25.3 Å². The first kappa shape index (κ1) is 22.6. The van der Waals surface area contributed by atoms with Crippen molar-refractivity contribution in [2.45, 2.75) is 11.3 Å². The second kappa shape index (κ2) is 9.93. The van der Waals surface area contributed by atoms with Gasteiger partial charge in [0.05, 0.1) is 7.11 Å². The van der Waals surface area contributed by atoms with Crippen molar-refractivity contribution in [2.75, 3.05) is 32.2 Å². The average molecular weight is 469 g/mol. The van der Waals surface area contributed by atoms with E-state index in [4.69, 9.17) is 14.2 Å². The Morgan fingerprint density at radius 2 is 1.73 bits per heavy atom. The van der Waals surface area contributed by atoms with Crippen molar-refractivity contribution in [2.24, 2.45) is 0 Å². The number of anilines is 1. The molecule has 1 heterocycles. The lowest BCUT2D eigenvalue weighted by atomic mass is 10.2. The number of carbonyl (C=O) groups excluding carboxylic acids is 1. The first-order valence-corrected chi connectivity index (χ1v) is 11.9. The van der Waals surface area contributed by atoms with Gasteiger partial charge < -0.3 is 19.5 Å². The summed E-state index contributed by atoms with van der Waals surface area (Å²) in [6.45, 7) is 1.12. The molecule has 1 aliphatic heterocycles. The van der Waals surface area contributed by atoms with E-state index in [-0.39, 0.29) is 22.8 Å². The molecule has 3 aromatic rings. The molecule has 33 heavy (non-hydrogen) atoms. The van der Waals surface area contributed by atoms with E-state index in [9.17, 15) is 13.2 Å². The van der Waals surface area contributed by atoms with Gasteiger partial charge in [-0.15, -0.1) is 0 Å². The van der Waals surface area contributed by atoms with Gasteiger partial charge in [-0.3, -0.25) is 4.79 Å². The molecule has 0 spiro atoms.